The molecule has 1 aromatic heterocycles. The van der Waals surface area contributed by atoms with Crippen molar-refractivity contribution in [2.45, 2.75) is 0 Å². The zero-order valence-electron chi connectivity index (χ0n) is 13.4. The molecule has 0 bridgehead atoms. The van der Waals surface area contributed by atoms with Gasteiger partial charge in [-0.15, -0.1) is 0 Å². The molecule has 0 fully saturated rings. The Morgan fingerprint density at radius 3 is 2.50 bits per heavy atom. The molecule has 0 unspecified atom stereocenters. The SMILES string of the molecule is N#C/C(=C\c1ccc(-c2ccc([N+](=O)[O-])cc2)o1)c1cccc(C#N)c1. The molecule has 6 heteroatoms. The average Bonchev–Trinajstić information content (AvgIpc) is 3.15. The van der Waals surface area contributed by atoms with Gasteiger partial charge in [-0.2, -0.15) is 10.5 Å². The van der Waals surface area contributed by atoms with E-state index in [4.69, 9.17) is 9.68 Å². The van der Waals surface area contributed by atoms with E-state index in [9.17, 15) is 15.4 Å². The van der Waals surface area contributed by atoms with Crippen LogP contribution in [0.1, 0.15) is 16.9 Å². The van der Waals surface area contributed by atoms with Crippen LogP contribution in [-0.4, -0.2) is 4.92 Å². The normalized spacial score (nSPS) is 10.8. The highest BCUT2D eigenvalue weighted by Gasteiger charge is 2.09. The summed E-state index contributed by atoms with van der Waals surface area (Å²) in [5, 5.41) is 29.1. The van der Waals surface area contributed by atoms with Crippen molar-refractivity contribution in [3.05, 3.63) is 87.7 Å². The topological polar surface area (TPSA) is 104 Å². The third-order valence-corrected chi connectivity index (χ3v) is 3.70. The Bertz CT molecular complexity index is 1080. The first-order chi connectivity index (χ1) is 12.6. The van der Waals surface area contributed by atoms with Gasteiger partial charge in [0.2, 0.25) is 0 Å². The van der Waals surface area contributed by atoms with E-state index < -0.39 is 4.92 Å². The zero-order valence-corrected chi connectivity index (χ0v) is 13.4. The molecule has 3 aromatic rings. The van der Waals surface area contributed by atoms with Crippen LogP contribution in [0.3, 0.4) is 0 Å². The van der Waals surface area contributed by atoms with E-state index in [2.05, 4.69) is 6.07 Å². The highest BCUT2D eigenvalue weighted by molar-refractivity contribution is 5.89. The van der Waals surface area contributed by atoms with E-state index in [0.29, 0.717) is 33.8 Å². The number of rotatable bonds is 4. The Morgan fingerprint density at radius 2 is 1.85 bits per heavy atom. The summed E-state index contributed by atoms with van der Waals surface area (Å²) < 4.78 is 5.72. The Kier molecular flexibility index (Phi) is 4.60. The lowest BCUT2D eigenvalue weighted by molar-refractivity contribution is -0.384. The Hall–Kier alpha value is -4.16. The largest absolute Gasteiger partial charge is 0.457 e. The van der Waals surface area contributed by atoms with E-state index in [-0.39, 0.29) is 5.69 Å². The van der Waals surface area contributed by atoms with Crippen LogP contribution in [0.15, 0.2) is 65.1 Å². The van der Waals surface area contributed by atoms with E-state index in [0.717, 1.165) is 0 Å². The molecule has 0 saturated heterocycles. The van der Waals surface area contributed by atoms with Gasteiger partial charge in [0.25, 0.3) is 5.69 Å². The number of nitro groups is 1. The summed E-state index contributed by atoms with van der Waals surface area (Å²) in [6.07, 6.45) is 1.59. The molecule has 124 valence electrons. The molecule has 0 aliphatic carbocycles. The maximum absolute atomic E-state index is 10.7. The van der Waals surface area contributed by atoms with Gasteiger partial charge >= 0.3 is 0 Å². The van der Waals surface area contributed by atoms with Crippen molar-refractivity contribution in [1.29, 1.82) is 10.5 Å². The van der Waals surface area contributed by atoms with E-state index >= 15 is 0 Å². The minimum atomic E-state index is -0.464. The number of non-ortho nitro benzene ring substituents is 1. The molecule has 0 amide bonds. The Balaban J connectivity index is 1.91. The maximum atomic E-state index is 10.7. The zero-order chi connectivity index (χ0) is 18.5. The number of hydrogen-bond donors (Lipinski definition) is 0. The predicted molar refractivity (Wildman–Crippen MR) is 95.4 cm³/mol. The molecule has 0 spiro atoms. The van der Waals surface area contributed by atoms with Crippen LogP contribution in [0, 0.1) is 32.8 Å². The van der Waals surface area contributed by atoms with Crippen LogP contribution in [-0.2, 0) is 0 Å². The smallest absolute Gasteiger partial charge is 0.269 e. The van der Waals surface area contributed by atoms with Gasteiger partial charge in [-0.1, -0.05) is 12.1 Å². The van der Waals surface area contributed by atoms with Crippen molar-refractivity contribution in [2.24, 2.45) is 0 Å². The van der Waals surface area contributed by atoms with Gasteiger partial charge in [0, 0.05) is 17.7 Å². The van der Waals surface area contributed by atoms with Gasteiger partial charge in [-0.05, 0) is 48.0 Å². The molecule has 1 heterocycles. The monoisotopic (exact) mass is 341 g/mol. The van der Waals surface area contributed by atoms with Gasteiger partial charge in [-0.25, -0.2) is 0 Å². The summed E-state index contributed by atoms with van der Waals surface area (Å²) in [4.78, 5) is 10.2. The lowest BCUT2D eigenvalue weighted by Gasteiger charge is -1.99. The van der Waals surface area contributed by atoms with Crippen molar-refractivity contribution in [3.63, 3.8) is 0 Å². The summed E-state index contributed by atoms with van der Waals surface area (Å²) in [6.45, 7) is 0. The van der Waals surface area contributed by atoms with E-state index in [1.54, 1.807) is 54.6 Å². The summed E-state index contributed by atoms with van der Waals surface area (Å²) in [7, 11) is 0. The van der Waals surface area contributed by atoms with Gasteiger partial charge in [-0.3, -0.25) is 10.1 Å². The highest BCUT2D eigenvalue weighted by atomic mass is 16.6. The second-order valence-electron chi connectivity index (χ2n) is 5.37. The standard InChI is InChI=1S/C20H11N3O3/c21-12-14-2-1-3-16(10-14)17(13-22)11-19-8-9-20(26-19)15-4-6-18(7-5-15)23(24)25/h1-11H/b17-11+. The lowest BCUT2D eigenvalue weighted by Crippen LogP contribution is -1.86. The number of nitriles is 2. The maximum Gasteiger partial charge on any atom is 0.269 e. The van der Waals surface area contributed by atoms with Crippen LogP contribution in [0.25, 0.3) is 23.0 Å². The van der Waals surface area contributed by atoms with Crippen LogP contribution >= 0.6 is 0 Å². The van der Waals surface area contributed by atoms with Crippen LogP contribution in [0.5, 0.6) is 0 Å². The molecule has 0 saturated carbocycles. The van der Waals surface area contributed by atoms with Gasteiger partial charge in [0.15, 0.2) is 0 Å². The van der Waals surface area contributed by atoms with Gasteiger partial charge in [0.1, 0.15) is 11.5 Å². The fourth-order valence-electron chi connectivity index (χ4n) is 2.41. The van der Waals surface area contributed by atoms with Gasteiger partial charge < -0.3 is 4.42 Å². The van der Waals surface area contributed by atoms with Crippen molar-refractivity contribution in [1.82, 2.24) is 0 Å². The van der Waals surface area contributed by atoms with Crippen LogP contribution in [0.4, 0.5) is 5.69 Å². The Labute approximate surface area is 149 Å². The number of furan rings is 1. The molecule has 6 nitrogen and oxygen atoms in total. The third-order valence-electron chi connectivity index (χ3n) is 3.70. The molecule has 26 heavy (non-hydrogen) atoms. The molecular formula is C20H11N3O3. The van der Waals surface area contributed by atoms with Crippen molar-refractivity contribution >= 4 is 17.3 Å². The summed E-state index contributed by atoms with van der Waals surface area (Å²) in [5.74, 6) is 1.01. The first-order valence-electron chi connectivity index (χ1n) is 7.57. The quantitative estimate of drug-likeness (QED) is 0.385. The third kappa shape index (κ3) is 3.50. The van der Waals surface area contributed by atoms with E-state index in [1.807, 2.05) is 6.07 Å². The average molecular weight is 341 g/mol. The molecule has 2 aromatic carbocycles. The minimum Gasteiger partial charge on any atom is -0.457 e. The first-order valence-corrected chi connectivity index (χ1v) is 7.57. The first kappa shape index (κ1) is 16.7. The van der Waals surface area contributed by atoms with Crippen LogP contribution in [0.2, 0.25) is 0 Å². The van der Waals surface area contributed by atoms with Crippen molar-refractivity contribution < 1.29 is 9.34 Å². The van der Waals surface area contributed by atoms with Crippen molar-refractivity contribution in [2.75, 3.05) is 0 Å². The second-order valence-corrected chi connectivity index (χ2v) is 5.37. The minimum absolute atomic E-state index is 0.00423. The van der Waals surface area contributed by atoms with E-state index in [1.165, 1.54) is 12.1 Å². The van der Waals surface area contributed by atoms with Gasteiger partial charge in [0.05, 0.1) is 28.2 Å². The fourth-order valence-corrected chi connectivity index (χ4v) is 2.41. The molecule has 0 N–H and O–H groups in total. The summed E-state index contributed by atoms with van der Waals surface area (Å²) in [6, 6.07) is 20.4. The lowest BCUT2D eigenvalue weighted by atomic mass is 10.0. The second kappa shape index (κ2) is 7.16. The molecule has 0 atom stereocenters. The number of hydrogen-bond acceptors (Lipinski definition) is 5. The highest BCUT2D eigenvalue weighted by Crippen LogP contribution is 2.27. The number of nitrogens with zero attached hydrogens (tertiary/aromatic N) is 3. The number of benzene rings is 2. The Morgan fingerprint density at radius 1 is 1.08 bits per heavy atom. The predicted octanol–water partition coefficient (Wildman–Crippen LogP) is 4.79. The molecule has 0 aliphatic heterocycles. The van der Waals surface area contributed by atoms with Crippen LogP contribution < -0.4 is 0 Å². The molecule has 3 rings (SSSR count). The molecule has 0 radical (unpaired) electrons. The summed E-state index contributed by atoms with van der Waals surface area (Å²) in [5.41, 5.74) is 2.16. The summed E-state index contributed by atoms with van der Waals surface area (Å²) >= 11 is 0. The molecular weight excluding hydrogens is 330 g/mol. The van der Waals surface area contributed by atoms with Crippen molar-refractivity contribution in [3.8, 4) is 23.5 Å². The molecule has 0 aliphatic rings. The number of allylic oxidation sites excluding steroid dienone is 1. The number of nitro benzene ring substituents is 1. The fraction of sp³-hybridized carbons (Fsp3) is 0.